The second-order valence-corrected chi connectivity index (χ2v) is 4.12. The predicted octanol–water partition coefficient (Wildman–Crippen LogP) is 2.48. The van der Waals surface area contributed by atoms with Crippen molar-refractivity contribution in [1.29, 1.82) is 0 Å². The largest absolute Gasteiger partial charge is 0.390 e. The Labute approximate surface area is 107 Å². The molecule has 0 aromatic carbocycles. The highest BCUT2D eigenvalue weighted by Gasteiger charge is 2.21. The summed E-state index contributed by atoms with van der Waals surface area (Å²) in [7, 11) is 0. The first-order chi connectivity index (χ1) is 8.06. The maximum absolute atomic E-state index is 9.79. The van der Waals surface area contributed by atoms with Crippen LogP contribution >= 0.6 is 23.2 Å². The number of halogens is 2. The molecule has 1 aromatic rings. The van der Waals surface area contributed by atoms with Gasteiger partial charge in [-0.2, -0.15) is 0 Å². The molecule has 0 fully saturated rings. The molecule has 0 saturated carbocycles. The van der Waals surface area contributed by atoms with Gasteiger partial charge in [0.1, 0.15) is 6.10 Å². The van der Waals surface area contributed by atoms with E-state index in [1.54, 1.807) is 0 Å². The Kier molecular flexibility index (Phi) is 5.47. The van der Waals surface area contributed by atoms with Crippen LogP contribution in [0.1, 0.15) is 18.2 Å². The molecule has 2 unspecified atom stereocenters. The Morgan fingerprint density at radius 2 is 2.18 bits per heavy atom. The molecular weight excluding hydrogens is 267 g/mol. The number of aliphatic hydroxyl groups is 2. The van der Waals surface area contributed by atoms with Crippen LogP contribution in [0.4, 0.5) is 0 Å². The van der Waals surface area contributed by atoms with Gasteiger partial charge in [0.05, 0.1) is 21.8 Å². The summed E-state index contributed by atoms with van der Waals surface area (Å²) in [6.45, 7) is 0.0833. The summed E-state index contributed by atoms with van der Waals surface area (Å²) in [5.74, 6) is 0. The number of pyridine rings is 1. The van der Waals surface area contributed by atoms with Crippen molar-refractivity contribution in [2.24, 2.45) is 5.11 Å². The molecular formula is C9H10Cl2N4O2. The molecule has 8 heteroatoms. The fourth-order valence-electron chi connectivity index (χ4n) is 1.22. The summed E-state index contributed by atoms with van der Waals surface area (Å²) in [6.07, 6.45) is -0.904. The summed E-state index contributed by atoms with van der Waals surface area (Å²) in [6, 6.07) is 1.43. The number of hydrogen-bond acceptors (Lipinski definition) is 4. The maximum Gasteiger partial charge on any atom is 0.123 e. The van der Waals surface area contributed by atoms with E-state index in [9.17, 15) is 10.2 Å². The monoisotopic (exact) mass is 276 g/mol. The Bertz CT molecular complexity index is 437. The molecule has 0 spiro atoms. The maximum atomic E-state index is 9.79. The lowest BCUT2D eigenvalue weighted by molar-refractivity contribution is 0.0126. The van der Waals surface area contributed by atoms with Gasteiger partial charge >= 0.3 is 0 Å². The van der Waals surface area contributed by atoms with Crippen LogP contribution in [-0.2, 0) is 0 Å². The third kappa shape index (κ3) is 4.03. The van der Waals surface area contributed by atoms with Gasteiger partial charge in [0.25, 0.3) is 0 Å². The number of hydrogen-bond donors (Lipinski definition) is 2. The molecule has 1 heterocycles. The number of nitrogens with zero attached hydrogens (tertiary/aromatic N) is 4. The van der Waals surface area contributed by atoms with Crippen molar-refractivity contribution >= 4 is 23.2 Å². The van der Waals surface area contributed by atoms with Crippen molar-refractivity contribution in [3.63, 3.8) is 0 Å². The standard InChI is InChI=1S/C9H10Cl2N4O2/c10-5-3-6(11)8(13-4-5)9(17)7(16)1-2-14-15-12/h3-4,7,9,16-17H,1-2H2. The average Bonchev–Trinajstić information content (AvgIpc) is 2.28. The Morgan fingerprint density at radius 1 is 1.47 bits per heavy atom. The molecule has 6 nitrogen and oxygen atoms in total. The lowest BCUT2D eigenvalue weighted by Gasteiger charge is -2.17. The molecule has 1 aromatic heterocycles. The van der Waals surface area contributed by atoms with E-state index in [1.807, 2.05) is 0 Å². The van der Waals surface area contributed by atoms with Crippen LogP contribution in [0, 0.1) is 0 Å². The van der Waals surface area contributed by atoms with E-state index < -0.39 is 12.2 Å². The van der Waals surface area contributed by atoms with Gasteiger partial charge in [0.2, 0.25) is 0 Å². The lowest BCUT2D eigenvalue weighted by Crippen LogP contribution is -2.20. The van der Waals surface area contributed by atoms with E-state index in [-0.39, 0.29) is 23.7 Å². The quantitative estimate of drug-likeness (QED) is 0.491. The first kappa shape index (κ1) is 14.0. The van der Waals surface area contributed by atoms with Crippen LogP contribution in [0.2, 0.25) is 10.0 Å². The Morgan fingerprint density at radius 3 is 2.76 bits per heavy atom. The van der Waals surface area contributed by atoms with Gasteiger partial charge in [-0.3, -0.25) is 4.98 Å². The van der Waals surface area contributed by atoms with E-state index >= 15 is 0 Å². The highest BCUT2D eigenvalue weighted by Crippen LogP contribution is 2.26. The predicted molar refractivity (Wildman–Crippen MR) is 63.9 cm³/mol. The van der Waals surface area contributed by atoms with Crippen LogP contribution in [0.15, 0.2) is 17.4 Å². The second-order valence-electron chi connectivity index (χ2n) is 3.28. The van der Waals surface area contributed by atoms with E-state index in [1.165, 1.54) is 12.3 Å². The molecule has 0 aliphatic heterocycles. The van der Waals surface area contributed by atoms with Crippen molar-refractivity contribution in [2.75, 3.05) is 6.54 Å². The van der Waals surface area contributed by atoms with E-state index in [4.69, 9.17) is 28.7 Å². The van der Waals surface area contributed by atoms with Gasteiger partial charge in [0.15, 0.2) is 0 Å². The molecule has 0 saturated heterocycles. The topological polar surface area (TPSA) is 102 Å². The molecule has 1 rings (SSSR count). The normalized spacial score (nSPS) is 13.9. The molecule has 2 N–H and O–H groups in total. The lowest BCUT2D eigenvalue weighted by atomic mass is 10.1. The van der Waals surface area contributed by atoms with Gasteiger partial charge < -0.3 is 10.2 Å². The van der Waals surface area contributed by atoms with Crippen molar-refractivity contribution in [3.8, 4) is 0 Å². The smallest absolute Gasteiger partial charge is 0.123 e. The zero-order valence-corrected chi connectivity index (χ0v) is 10.2. The first-order valence-corrected chi connectivity index (χ1v) is 5.49. The second kappa shape index (κ2) is 6.64. The first-order valence-electron chi connectivity index (χ1n) is 4.74. The summed E-state index contributed by atoms with van der Waals surface area (Å²) in [5.41, 5.74) is 8.22. The van der Waals surface area contributed by atoms with Gasteiger partial charge in [-0.25, -0.2) is 0 Å². The summed E-state index contributed by atoms with van der Waals surface area (Å²) >= 11 is 11.5. The Balaban J connectivity index is 2.73. The van der Waals surface area contributed by atoms with E-state index in [2.05, 4.69) is 15.0 Å². The highest BCUT2D eigenvalue weighted by atomic mass is 35.5. The van der Waals surface area contributed by atoms with Crippen molar-refractivity contribution in [2.45, 2.75) is 18.6 Å². The molecule has 0 aliphatic rings. The third-order valence-electron chi connectivity index (χ3n) is 2.07. The molecule has 92 valence electrons. The van der Waals surface area contributed by atoms with E-state index in [0.717, 1.165) is 0 Å². The van der Waals surface area contributed by atoms with Crippen LogP contribution in [0.5, 0.6) is 0 Å². The zero-order valence-electron chi connectivity index (χ0n) is 8.66. The fourth-order valence-corrected chi connectivity index (χ4v) is 1.71. The molecule has 0 bridgehead atoms. The van der Waals surface area contributed by atoms with Crippen LogP contribution < -0.4 is 0 Å². The number of aliphatic hydroxyl groups excluding tert-OH is 2. The summed E-state index contributed by atoms with van der Waals surface area (Å²) in [5, 5.41) is 23.2. The molecule has 0 radical (unpaired) electrons. The summed E-state index contributed by atoms with van der Waals surface area (Å²) < 4.78 is 0. The zero-order chi connectivity index (χ0) is 12.8. The Hall–Kier alpha value is -1.04. The molecule has 2 atom stereocenters. The minimum absolute atomic E-state index is 0.0833. The van der Waals surface area contributed by atoms with Gasteiger partial charge in [-0.15, -0.1) is 0 Å². The van der Waals surface area contributed by atoms with Crippen LogP contribution in [0.25, 0.3) is 10.4 Å². The van der Waals surface area contributed by atoms with Crippen molar-refractivity contribution in [1.82, 2.24) is 4.98 Å². The molecule has 17 heavy (non-hydrogen) atoms. The summed E-state index contributed by atoms with van der Waals surface area (Å²) in [4.78, 5) is 6.39. The average molecular weight is 277 g/mol. The van der Waals surface area contributed by atoms with Gasteiger partial charge in [0, 0.05) is 17.7 Å². The number of aromatic nitrogens is 1. The third-order valence-corrected chi connectivity index (χ3v) is 2.58. The molecule has 0 aliphatic carbocycles. The number of rotatable bonds is 5. The minimum atomic E-state index is -1.24. The number of azide groups is 1. The fraction of sp³-hybridized carbons (Fsp3) is 0.444. The van der Waals surface area contributed by atoms with Gasteiger partial charge in [-0.1, -0.05) is 28.3 Å². The van der Waals surface area contributed by atoms with E-state index in [0.29, 0.717) is 5.02 Å². The van der Waals surface area contributed by atoms with Gasteiger partial charge in [-0.05, 0) is 18.0 Å². The van der Waals surface area contributed by atoms with Crippen molar-refractivity contribution in [3.05, 3.63) is 38.4 Å². The van der Waals surface area contributed by atoms with Crippen LogP contribution in [-0.4, -0.2) is 27.8 Å². The van der Waals surface area contributed by atoms with Crippen LogP contribution in [0.3, 0.4) is 0 Å². The van der Waals surface area contributed by atoms with Crippen molar-refractivity contribution < 1.29 is 10.2 Å². The SMILES string of the molecule is [N-]=[N+]=NCCC(O)C(O)c1ncc(Cl)cc1Cl. The minimum Gasteiger partial charge on any atom is -0.390 e. The highest BCUT2D eigenvalue weighted by molar-refractivity contribution is 6.34. The molecule has 0 amide bonds.